The van der Waals surface area contributed by atoms with Crippen LogP contribution in [0, 0.1) is 20.8 Å². The summed E-state index contributed by atoms with van der Waals surface area (Å²) in [5, 5.41) is 7.45. The van der Waals surface area contributed by atoms with Crippen LogP contribution in [-0.4, -0.2) is 15.7 Å². The fraction of sp³-hybridized carbons (Fsp3) is 0.333. The standard InChI is InChI=1S/C15H21N5/c1-10-5-7-13(8-6-10)18-15(16)17-9-14-11(2)19-20(4)12(14)3/h5-8H,9H2,1-4H3,(H3,16,17,18). The number of rotatable bonds is 3. The minimum atomic E-state index is 0.413. The average Bonchev–Trinajstić information content (AvgIpc) is 2.64. The van der Waals surface area contributed by atoms with E-state index in [0.29, 0.717) is 12.5 Å². The van der Waals surface area contributed by atoms with Crippen LogP contribution in [0.3, 0.4) is 0 Å². The number of aryl methyl sites for hydroxylation is 3. The average molecular weight is 271 g/mol. The van der Waals surface area contributed by atoms with E-state index in [2.05, 4.69) is 22.3 Å². The van der Waals surface area contributed by atoms with Gasteiger partial charge in [-0.15, -0.1) is 0 Å². The summed E-state index contributed by atoms with van der Waals surface area (Å²) in [6.45, 7) is 6.61. The third-order valence-electron chi connectivity index (χ3n) is 3.39. The zero-order chi connectivity index (χ0) is 14.7. The number of hydrogen-bond donors (Lipinski definition) is 2. The Balaban J connectivity index is 2.05. The molecule has 0 saturated heterocycles. The Morgan fingerprint density at radius 1 is 1.25 bits per heavy atom. The van der Waals surface area contributed by atoms with Crippen LogP contribution < -0.4 is 11.1 Å². The highest BCUT2D eigenvalue weighted by atomic mass is 15.3. The highest BCUT2D eigenvalue weighted by Gasteiger charge is 2.08. The van der Waals surface area contributed by atoms with Crippen LogP contribution in [0.5, 0.6) is 0 Å². The molecule has 0 aliphatic rings. The van der Waals surface area contributed by atoms with Gasteiger partial charge in [-0.25, -0.2) is 4.99 Å². The van der Waals surface area contributed by atoms with Gasteiger partial charge in [0.2, 0.25) is 0 Å². The van der Waals surface area contributed by atoms with Crippen molar-refractivity contribution in [3.05, 3.63) is 46.8 Å². The van der Waals surface area contributed by atoms with Crippen molar-refractivity contribution in [2.75, 3.05) is 5.32 Å². The van der Waals surface area contributed by atoms with Crippen LogP contribution >= 0.6 is 0 Å². The number of nitrogens with one attached hydrogen (secondary N) is 1. The quantitative estimate of drug-likeness (QED) is 0.664. The largest absolute Gasteiger partial charge is 0.370 e. The van der Waals surface area contributed by atoms with E-state index in [1.165, 1.54) is 5.56 Å². The lowest BCUT2D eigenvalue weighted by Crippen LogP contribution is -2.22. The highest BCUT2D eigenvalue weighted by Crippen LogP contribution is 2.13. The van der Waals surface area contributed by atoms with Gasteiger partial charge in [0.15, 0.2) is 5.96 Å². The van der Waals surface area contributed by atoms with E-state index in [4.69, 9.17) is 5.73 Å². The van der Waals surface area contributed by atoms with Crippen molar-refractivity contribution in [3.8, 4) is 0 Å². The summed E-state index contributed by atoms with van der Waals surface area (Å²) in [6, 6.07) is 8.03. The Kier molecular flexibility index (Phi) is 4.08. The van der Waals surface area contributed by atoms with Crippen LogP contribution in [0.4, 0.5) is 5.69 Å². The summed E-state index contributed by atoms with van der Waals surface area (Å²) in [4.78, 5) is 4.38. The number of nitrogens with two attached hydrogens (primary N) is 1. The van der Waals surface area contributed by atoms with Gasteiger partial charge >= 0.3 is 0 Å². The molecule has 2 aromatic rings. The van der Waals surface area contributed by atoms with Gasteiger partial charge < -0.3 is 11.1 Å². The normalized spacial score (nSPS) is 11.7. The summed E-state index contributed by atoms with van der Waals surface area (Å²) < 4.78 is 1.86. The van der Waals surface area contributed by atoms with E-state index < -0.39 is 0 Å². The monoisotopic (exact) mass is 271 g/mol. The lowest BCUT2D eigenvalue weighted by Gasteiger charge is -2.06. The molecule has 1 aromatic heterocycles. The number of nitrogens with zero attached hydrogens (tertiary/aromatic N) is 3. The van der Waals surface area contributed by atoms with Crippen molar-refractivity contribution >= 4 is 11.6 Å². The number of aliphatic imine (C=N–C) groups is 1. The van der Waals surface area contributed by atoms with Crippen molar-refractivity contribution in [3.63, 3.8) is 0 Å². The Hall–Kier alpha value is -2.30. The maximum absolute atomic E-state index is 5.91. The SMILES string of the molecule is Cc1ccc(NC(N)=NCc2c(C)nn(C)c2C)cc1. The number of benzene rings is 1. The molecule has 2 rings (SSSR count). The van der Waals surface area contributed by atoms with E-state index in [1.54, 1.807) is 0 Å². The lowest BCUT2D eigenvalue weighted by atomic mass is 10.2. The number of guanidine groups is 1. The number of hydrogen-bond acceptors (Lipinski definition) is 2. The van der Waals surface area contributed by atoms with E-state index in [1.807, 2.05) is 49.8 Å². The summed E-state index contributed by atoms with van der Waals surface area (Å²) in [7, 11) is 1.93. The van der Waals surface area contributed by atoms with Gasteiger partial charge in [-0.2, -0.15) is 5.10 Å². The Morgan fingerprint density at radius 3 is 2.45 bits per heavy atom. The van der Waals surface area contributed by atoms with Crippen molar-refractivity contribution in [1.29, 1.82) is 0 Å². The smallest absolute Gasteiger partial charge is 0.193 e. The summed E-state index contributed by atoms with van der Waals surface area (Å²) >= 11 is 0. The first kappa shape index (κ1) is 14.1. The maximum atomic E-state index is 5.91. The Bertz CT molecular complexity index is 622. The molecule has 0 amide bonds. The number of anilines is 1. The second-order valence-corrected chi connectivity index (χ2v) is 4.97. The van der Waals surface area contributed by atoms with Crippen molar-refractivity contribution in [1.82, 2.24) is 9.78 Å². The molecular weight excluding hydrogens is 250 g/mol. The molecular formula is C15H21N5. The maximum Gasteiger partial charge on any atom is 0.193 e. The molecule has 0 aliphatic heterocycles. The molecule has 0 radical (unpaired) electrons. The first-order valence-electron chi connectivity index (χ1n) is 6.60. The Labute approximate surface area is 119 Å². The molecule has 5 nitrogen and oxygen atoms in total. The van der Waals surface area contributed by atoms with E-state index >= 15 is 0 Å². The van der Waals surface area contributed by atoms with Crippen LogP contribution in [0.2, 0.25) is 0 Å². The predicted octanol–water partition coefficient (Wildman–Crippen LogP) is 2.27. The fourth-order valence-corrected chi connectivity index (χ4v) is 2.03. The molecule has 0 unspecified atom stereocenters. The van der Waals surface area contributed by atoms with Crippen LogP contribution in [0.25, 0.3) is 0 Å². The van der Waals surface area contributed by atoms with Gasteiger partial charge in [0.1, 0.15) is 0 Å². The first-order chi connectivity index (χ1) is 9.47. The molecule has 1 heterocycles. The Morgan fingerprint density at radius 2 is 1.90 bits per heavy atom. The minimum absolute atomic E-state index is 0.413. The molecule has 0 bridgehead atoms. The fourth-order valence-electron chi connectivity index (χ4n) is 2.03. The van der Waals surface area contributed by atoms with Gasteiger partial charge in [-0.1, -0.05) is 17.7 Å². The van der Waals surface area contributed by atoms with E-state index in [9.17, 15) is 0 Å². The molecule has 106 valence electrons. The van der Waals surface area contributed by atoms with E-state index in [0.717, 1.165) is 22.6 Å². The minimum Gasteiger partial charge on any atom is -0.370 e. The van der Waals surface area contributed by atoms with Crippen LogP contribution in [0.15, 0.2) is 29.3 Å². The third kappa shape index (κ3) is 3.17. The molecule has 3 N–H and O–H groups in total. The topological polar surface area (TPSA) is 68.2 Å². The first-order valence-corrected chi connectivity index (χ1v) is 6.60. The van der Waals surface area contributed by atoms with Crippen LogP contribution in [-0.2, 0) is 13.6 Å². The highest BCUT2D eigenvalue weighted by molar-refractivity contribution is 5.92. The van der Waals surface area contributed by atoms with E-state index in [-0.39, 0.29) is 0 Å². The van der Waals surface area contributed by atoms with Crippen LogP contribution in [0.1, 0.15) is 22.5 Å². The second-order valence-electron chi connectivity index (χ2n) is 4.97. The summed E-state index contributed by atoms with van der Waals surface area (Å²) in [6.07, 6.45) is 0. The molecule has 0 saturated carbocycles. The lowest BCUT2D eigenvalue weighted by molar-refractivity contribution is 0.730. The number of aromatic nitrogens is 2. The molecule has 0 spiro atoms. The summed E-state index contributed by atoms with van der Waals surface area (Å²) in [5.74, 6) is 0.413. The predicted molar refractivity (Wildman–Crippen MR) is 82.8 cm³/mol. The zero-order valence-electron chi connectivity index (χ0n) is 12.4. The van der Waals surface area contributed by atoms with Gasteiger partial charge in [-0.05, 0) is 32.9 Å². The van der Waals surface area contributed by atoms with Gasteiger partial charge in [0, 0.05) is 24.0 Å². The third-order valence-corrected chi connectivity index (χ3v) is 3.39. The molecule has 0 aliphatic carbocycles. The molecule has 5 heteroatoms. The summed E-state index contributed by atoms with van der Waals surface area (Å²) in [5.41, 5.74) is 11.3. The van der Waals surface area contributed by atoms with Crippen molar-refractivity contribution in [2.24, 2.45) is 17.8 Å². The zero-order valence-corrected chi connectivity index (χ0v) is 12.4. The van der Waals surface area contributed by atoms with Gasteiger partial charge in [0.25, 0.3) is 0 Å². The van der Waals surface area contributed by atoms with Gasteiger partial charge in [0.05, 0.1) is 12.2 Å². The molecule has 20 heavy (non-hydrogen) atoms. The molecule has 0 fully saturated rings. The van der Waals surface area contributed by atoms with Gasteiger partial charge in [-0.3, -0.25) is 4.68 Å². The second kappa shape index (κ2) is 5.77. The molecule has 1 aromatic carbocycles. The van der Waals surface area contributed by atoms with Crippen molar-refractivity contribution in [2.45, 2.75) is 27.3 Å². The van der Waals surface area contributed by atoms with Crippen molar-refractivity contribution < 1.29 is 0 Å². The molecule has 0 atom stereocenters.